The number of halogens is 3. The van der Waals surface area contributed by atoms with Crippen LogP contribution in [0.1, 0.15) is 47.1 Å². The number of benzene rings is 6. The third-order valence-electron chi connectivity index (χ3n) is 7.53. The van der Waals surface area contributed by atoms with Gasteiger partial charge < -0.3 is 14.2 Å². The molecule has 0 aliphatic rings. The average Bonchev–Trinajstić information content (AvgIpc) is 3.06. The largest absolute Gasteiger partial charge is 0.522 e. The molecule has 6 nitrogen and oxygen atoms in total. The zero-order valence-electron chi connectivity index (χ0n) is 30.3. The van der Waals surface area contributed by atoms with E-state index in [-0.39, 0.29) is 11.2 Å². The molecule has 0 aliphatic heterocycles. The van der Waals surface area contributed by atoms with E-state index in [1.807, 2.05) is 12.1 Å². The lowest BCUT2D eigenvalue weighted by Gasteiger charge is -2.22. The fourth-order valence-corrected chi connectivity index (χ4v) is 7.65. The first-order valence-corrected chi connectivity index (χ1v) is 19.4. The van der Waals surface area contributed by atoms with Crippen LogP contribution in [0, 0.1) is 0 Å². The Hall–Kier alpha value is -4.71. The second-order valence-electron chi connectivity index (χ2n) is 14.2. The standard InChI is InChI=1S/C41H41O3S.CHF3O3S/c1-40(2,3)43-32-14-11-16-35(26-32)45(36-17-12-15-33(27-36)44-41(4,5)6)34-23-21-31(22-24-34)42-28-30-25-29-13-7-8-18-37(29)39-20-10-9-19-38(30)39;2-1(3,4)8(5,6)7/h7-27H,28H2,1-6H3;(H,5,6,7)/q+1;. The Labute approximate surface area is 311 Å². The monoisotopic (exact) mass is 763 g/mol. The van der Waals surface area contributed by atoms with Gasteiger partial charge in [-0.15, -0.1) is 0 Å². The third kappa shape index (κ3) is 10.7. The third-order valence-corrected chi connectivity index (χ3v) is 10.3. The van der Waals surface area contributed by atoms with Crippen LogP contribution >= 0.6 is 0 Å². The molecule has 0 bridgehead atoms. The first kappa shape index (κ1) is 39.5. The van der Waals surface area contributed by atoms with Gasteiger partial charge in [-0.2, -0.15) is 21.6 Å². The van der Waals surface area contributed by atoms with Gasteiger partial charge in [-0.1, -0.05) is 60.7 Å². The van der Waals surface area contributed by atoms with Gasteiger partial charge in [0.1, 0.15) is 35.1 Å². The zero-order valence-corrected chi connectivity index (χ0v) is 31.9. The van der Waals surface area contributed by atoms with Crippen LogP contribution in [-0.2, 0) is 27.6 Å². The van der Waals surface area contributed by atoms with Crippen molar-refractivity contribution in [2.45, 2.75) is 79.5 Å². The van der Waals surface area contributed by atoms with E-state index in [0.29, 0.717) is 6.61 Å². The Morgan fingerprint density at radius 1 is 0.566 bits per heavy atom. The molecule has 0 radical (unpaired) electrons. The normalized spacial score (nSPS) is 12.4. The summed E-state index contributed by atoms with van der Waals surface area (Å²) in [6, 6.07) is 44.9. The lowest BCUT2D eigenvalue weighted by molar-refractivity contribution is -0.0510. The number of alkyl halides is 3. The summed E-state index contributed by atoms with van der Waals surface area (Å²) in [5.74, 6) is 2.57. The molecule has 0 heterocycles. The van der Waals surface area contributed by atoms with Crippen molar-refractivity contribution in [2.24, 2.45) is 0 Å². The van der Waals surface area contributed by atoms with Gasteiger partial charge in [0, 0.05) is 12.1 Å². The van der Waals surface area contributed by atoms with Gasteiger partial charge in [0.15, 0.2) is 14.7 Å². The highest BCUT2D eigenvalue weighted by Gasteiger charge is 2.44. The van der Waals surface area contributed by atoms with Crippen molar-refractivity contribution in [2.75, 3.05) is 0 Å². The molecule has 0 unspecified atom stereocenters. The van der Waals surface area contributed by atoms with Gasteiger partial charge in [-0.05, 0) is 123 Å². The summed E-state index contributed by atoms with van der Waals surface area (Å²) < 4.78 is 76.5. The highest BCUT2D eigenvalue weighted by Crippen LogP contribution is 2.37. The van der Waals surface area contributed by atoms with E-state index in [0.717, 1.165) is 17.2 Å². The van der Waals surface area contributed by atoms with Crippen LogP contribution in [0.3, 0.4) is 0 Å². The van der Waals surface area contributed by atoms with Crippen molar-refractivity contribution in [1.29, 1.82) is 0 Å². The number of hydrogen-bond acceptors (Lipinski definition) is 5. The average molecular weight is 764 g/mol. The summed E-state index contributed by atoms with van der Waals surface area (Å²) in [6.45, 7) is 12.9. The Balaban J connectivity index is 0.000000609. The summed E-state index contributed by atoms with van der Waals surface area (Å²) in [4.78, 5) is 3.56. The fraction of sp³-hybridized carbons (Fsp3) is 0.238. The summed E-state index contributed by atoms with van der Waals surface area (Å²) in [6.07, 6.45) is 0. The lowest BCUT2D eigenvalue weighted by atomic mass is 9.98. The molecule has 0 aliphatic carbocycles. The maximum absolute atomic E-state index is 10.7. The van der Waals surface area contributed by atoms with Crippen LogP contribution in [-0.4, -0.2) is 29.7 Å². The molecule has 0 amide bonds. The quantitative estimate of drug-likeness (QED) is 0.0719. The summed E-state index contributed by atoms with van der Waals surface area (Å²) in [7, 11) is -6.23. The van der Waals surface area contributed by atoms with Crippen LogP contribution < -0.4 is 14.2 Å². The van der Waals surface area contributed by atoms with E-state index in [1.54, 1.807) is 0 Å². The van der Waals surface area contributed by atoms with Gasteiger partial charge >= 0.3 is 15.6 Å². The maximum atomic E-state index is 10.7. The van der Waals surface area contributed by atoms with Crippen molar-refractivity contribution in [3.63, 3.8) is 0 Å². The van der Waals surface area contributed by atoms with Crippen LogP contribution in [0.2, 0.25) is 0 Å². The van der Waals surface area contributed by atoms with E-state index in [9.17, 15) is 13.2 Å². The molecule has 0 aromatic heterocycles. The van der Waals surface area contributed by atoms with Crippen molar-refractivity contribution >= 4 is 42.6 Å². The molecule has 0 spiro atoms. The lowest BCUT2D eigenvalue weighted by Crippen LogP contribution is -2.23. The van der Waals surface area contributed by atoms with Crippen molar-refractivity contribution in [3.05, 3.63) is 133 Å². The molecule has 6 aromatic rings. The van der Waals surface area contributed by atoms with Crippen LogP contribution in [0.15, 0.2) is 142 Å². The topological polar surface area (TPSA) is 82.1 Å². The van der Waals surface area contributed by atoms with Gasteiger partial charge in [0.05, 0.1) is 10.9 Å². The van der Waals surface area contributed by atoms with Crippen molar-refractivity contribution < 1.29 is 40.4 Å². The van der Waals surface area contributed by atoms with Gasteiger partial charge in [-0.25, -0.2) is 0 Å². The van der Waals surface area contributed by atoms with Crippen molar-refractivity contribution in [3.8, 4) is 17.2 Å². The highest BCUT2D eigenvalue weighted by molar-refractivity contribution is 7.97. The summed E-state index contributed by atoms with van der Waals surface area (Å²) in [5, 5.41) is 4.97. The highest BCUT2D eigenvalue weighted by atomic mass is 32.2. The SMILES string of the molecule is CC(C)(C)Oc1cccc([S+](c2ccc(OCc3cc4ccccc4c4ccccc34)cc2)c2cccc(OC(C)(C)C)c2)c1.O=S(=O)(O)C(F)(F)F. The van der Waals surface area contributed by atoms with E-state index in [4.69, 9.17) is 27.2 Å². The second-order valence-corrected chi connectivity index (χ2v) is 17.6. The van der Waals surface area contributed by atoms with E-state index >= 15 is 0 Å². The Morgan fingerprint density at radius 3 is 1.53 bits per heavy atom. The minimum atomic E-state index is -5.84. The second kappa shape index (κ2) is 15.7. The van der Waals surface area contributed by atoms with E-state index in [2.05, 4.69) is 157 Å². The minimum Gasteiger partial charge on any atom is -0.489 e. The summed E-state index contributed by atoms with van der Waals surface area (Å²) in [5.41, 5.74) is -4.92. The Morgan fingerprint density at radius 2 is 1.04 bits per heavy atom. The van der Waals surface area contributed by atoms with Crippen LogP contribution in [0.25, 0.3) is 21.5 Å². The first-order valence-electron chi connectivity index (χ1n) is 16.8. The molecule has 6 aromatic carbocycles. The molecular weight excluding hydrogens is 722 g/mol. The van der Waals surface area contributed by atoms with Gasteiger partial charge in [0.2, 0.25) is 0 Å². The minimum absolute atomic E-state index is 0.285. The fourth-order valence-electron chi connectivity index (χ4n) is 5.53. The van der Waals surface area contributed by atoms with E-state index in [1.165, 1.54) is 41.8 Å². The molecule has 1 N–H and O–H groups in total. The number of hydrogen-bond donors (Lipinski definition) is 1. The Kier molecular flexibility index (Phi) is 11.7. The van der Waals surface area contributed by atoms with Gasteiger partial charge in [0.25, 0.3) is 0 Å². The summed E-state index contributed by atoms with van der Waals surface area (Å²) >= 11 is 0. The first-order chi connectivity index (χ1) is 24.8. The van der Waals surface area contributed by atoms with Crippen LogP contribution in [0.4, 0.5) is 13.2 Å². The Bertz CT molecular complexity index is 2230. The predicted octanol–water partition coefficient (Wildman–Crippen LogP) is 11.4. The van der Waals surface area contributed by atoms with Crippen LogP contribution in [0.5, 0.6) is 17.2 Å². The molecule has 0 atom stereocenters. The maximum Gasteiger partial charge on any atom is 0.522 e. The molecule has 6 rings (SSSR count). The number of fused-ring (bicyclic) bond motifs is 3. The zero-order chi connectivity index (χ0) is 38.6. The smallest absolute Gasteiger partial charge is 0.489 e. The molecule has 53 heavy (non-hydrogen) atoms. The predicted molar refractivity (Wildman–Crippen MR) is 206 cm³/mol. The molecule has 0 saturated heterocycles. The van der Waals surface area contributed by atoms with Gasteiger partial charge in [-0.3, -0.25) is 4.55 Å². The molecular formula is C42H42F3O6S2+. The number of rotatable bonds is 8. The van der Waals surface area contributed by atoms with Crippen molar-refractivity contribution in [1.82, 2.24) is 0 Å². The van der Waals surface area contributed by atoms with E-state index < -0.39 is 26.5 Å². The molecule has 11 heteroatoms. The number of ether oxygens (including phenoxy) is 3. The molecule has 278 valence electrons. The molecule has 0 fully saturated rings. The molecule has 0 saturated carbocycles.